The van der Waals surface area contributed by atoms with Gasteiger partial charge in [0, 0.05) is 30.9 Å². The molecule has 1 aromatic rings. The largest absolute Gasteiger partial charge is 0.333 e. The van der Waals surface area contributed by atoms with Gasteiger partial charge in [-0.15, -0.1) is 0 Å². The van der Waals surface area contributed by atoms with Gasteiger partial charge in [0.05, 0.1) is 0 Å². The van der Waals surface area contributed by atoms with Gasteiger partial charge < -0.3 is 10.6 Å². The summed E-state index contributed by atoms with van der Waals surface area (Å²) in [4.78, 5) is 14.4. The van der Waals surface area contributed by atoms with Crippen LogP contribution in [0.4, 0.5) is 0 Å². The van der Waals surface area contributed by atoms with Gasteiger partial charge in [-0.25, -0.2) is 0 Å². The molecule has 0 spiro atoms. The number of carbonyl (C=O) groups is 1. The Morgan fingerprint density at radius 3 is 2.74 bits per heavy atom. The van der Waals surface area contributed by atoms with Crippen molar-refractivity contribution in [3.8, 4) is 0 Å². The molecule has 2 heterocycles. The Balaban J connectivity index is 2.16. The molecule has 1 saturated heterocycles. The van der Waals surface area contributed by atoms with Crippen molar-refractivity contribution < 1.29 is 4.79 Å². The van der Waals surface area contributed by atoms with Gasteiger partial charge in [-0.3, -0.25) is 9.48 Å². The molecule has 1 fully saturated rings. The predicted molar refractivity (Wildman–Crippen MR) is 74.9 cm³/mol. The van der Waals surface area contributed by atoms with Gasteiger partial charge in [0.15, 0.2) is 0 Å². The van der Waals surface area contributed by atoms with Crippen LogP contribution < -0.4 is 5.73 Å². The zero-order valence-electron chi connectivity index (χ0n) is 12.0. The van der Waals surface area contributed by atoms with Crippen molar-refractivity contribution in [3.05, 3.63) is 18.0 Å². The van der Waals surface area contributed by atoms with Gasteiger partial charge in [0.25, 0.3) is 5.91 Å². The molecule has 0 aliphatic carbocycles. The number of piperidine rings is 1. The summed E-state index contributed by atoms with van der Waals surface area (Å²) < 4.78 is 1.82. The number of likely N-dealkylation sites (tertiary alicyclic amines) is 1. The van der Waals surface area contributed by atoms with Crippen LogP contribution in [-0.2, 0) is 0 Å². The topological polar surface area (TPSA) is 64.2 Å². The summed E-state index contributed by atoms with van der Waals surface area (Å²) in [7, 11) is 0. The first-order chi connectivity index (χ1) is 9.00. The van der Waals surface area contributed by atoms with Gasteiger partial charge in [-0.05, 0) is 46.1 Å². The van der Waals surface area contributed by atoms with Gasteiger partial charge >= 0.3 is 0 Å². The summed E-state index contributed by atoms with van der Waals surface area (Å²) in [6.07, 6.45) is 5.06. The standard InChI is InChI=1S/C14H24N4O/c1-10(2)18-9-7-12(16-18)14(19)17-8-5-4-6-13(17)11(3)15/h7,9-11,13H,4-6,8,15H2,1-3H3/t11-,13+/m0/s1. The molecule has 2 rings (SSSR count). The third-order valence-electron chi connectivity index (χ3n) is 3.77. The van der Waals surface area contributed by atoms with Crippen molar-refractivity contribution in [2.45, 2.75) is 58.2 Å². The van der Waals surface area contributed by atoms with E-state index in [0.29, 0.717) is 5.69 Å². The number of amides is 1. The lowest BCUT2D eigenvalue weighted by Gasteiger charge is -2.37. The Kier molecular flexibility index (Phi) is 4.24. The first-order valence-electron chi connectivity index (χ1n) is 7.12. The maximum atomic E-state index is 12.5. The van der Waals surface area contributed by atoms with Crippen LogP contribution in [0.3, 0.4) is 0 Å². The van der Waals surface area contributed by atoms with E-state index in [9.17, 15) is 4.79 Å². The highest BCUT2D eigenvalue weighted by Crippen LogP contribution is 2.21. The zero-order valence-corrected chi connectivity index (χ0v) is 12.0. The minimum Gasteiger partial charge on any atom is -0.333 e. The number of hydrogen-bond donors (Lipinski definition) is 1. The van der Waals surface area contributed by atoms with Gasteiger partial charge in [-0.1, -0.05) is 0 Å². The second-order valence-electron chi connectivity index (χ2n) is 5.70. The summed E-state index contributed by atoms with van der Waals surface area (Å²) in [5.74, 6) is 0.0152. The Hall–Kier alpha value is -1.36. The lowest BCUT2D eigenvalue weighted by molar-refractivity contribution is 0.0576. The normalized spacial score (nSPS) is 21.7. The van der Waals surface area contributed by atoms with Crippen LogP contribution in [0.25, 0.3) is 0 Å². The van der Waals surface area contributed by atoms with Crippen LogP contribution in [0.5, 0.6) is 0 Å². The Labute approximate surface area is 114 Å². The van der Waals surface area contributed by atoms with Crippen LogP contribution in [0, 0.1) is 0 Å². The average Bonchev–Trinajstić information content (AvgIpc) is 2.87. The molecule has 1 aromatic heterocycles. The second-order valence-corrected chi connectivity index (χ2v) is 5.70. The van der Waals surface area contributed by atoms with Crippen LogP contribution in [-0.4, -0.2) is 39.2 Å². The monoisotopic (exact) mass is 264 g/mol. The fraction of sp³-hybridized carbons (Fsp3) is 0.714. The maximum absolute atomic E-state index is 12.5. The van der Waals surface area contributed by atoms with Gasteiger partial charge in [0.1, 0.15) is 5.69 Å². The van der Waals surface area contributed by atoms with Crippen molar-refractivity contribution in [2.24, 2.45) is 5.73 Å². The Bertz CT molecular complexity index is 438. The minimum atomic E-state index is 0.0106. The van der Waals surface area contributed by atoms with Crippen molar-refractivity contribution in [2.75, 3.05) is 6.54 Å². The van der Waals surface area contributed by atoms with Crippen LogP contribution in [0.2, 0.25) is 0 Å². The predicted octanol–water partition coefficient (Wildman–Crippen LogP) is 1.81. The summed E-state index contributed by atoms with van der Waals surface area (Å²) in [5.41, 5.74) is 6.54. The van der Waals surface area contributed by atoms with E-state index in [1.54, 1.807) is 6.07 Å². The van der Waals surface area contributed by atoms with E-state index in [1.807, 2.05) is 36.5 Å². The first kappa shape index (κ1) is 14.1. The van der Waals surface area contributed by atoms with E-state index in [0.717, 1.165) is 25.8 Å². The summed E-state index contributed by atoms with van der Waals surface area (Å²) in [6, 6.07) is 2.23. The zero-order chi connectivity index (χ0) is 14.0. The molecular weight excluding hydrogens is 240 g/mol. The maximum Gasteiger partial charge on any atom is 0.274 e. The smallest absolute Gasteiger partial charge is 0.274 e. The van der Waals surface area contributed by atoms with E-state index in [2.05, 4.69) is 5.10 Å². The number of nitrogens with two attached hydrogens (primary N) is 1. The highest BCUT2D eigenvalue weighted by Gasteiger charge is 2.30. The molecule has 106 valence electrons. The molecule has 2 N–H and O–H groups in total. The second kappa shape index (κ2) is 5.74. The van der Waals surface area contributed by atoms with Crippen LogP contribution >= 0.6 is 0 Å². The molecule has 0 bridgehead atoms. The van der Waals surface area contributed by atoms with E-state index < -0.39 is 0 Å². The number of hydrogen-bond acceptors (Lipinski definition) is 3. The molecule has 0 aromatic carbocycles. The van der Waals surface area contributed by atoms with E-state index >= 15 is 0 Å². The van der Waals surface area contributed by atoms with Crippen molar-refractivity contribution in [1.29, 1.82) is 0 Å². The molecular formula is C14H24N4O. The van der Waals surface area contributed by atoms with Gasteiger partial charge in [-0.2, -0.15) is 5.10 Å². The number of nitrogens with zero attached hydrogens (tertiary/aromatic N) is 3. The Morgan fingerprint density at radius 1 is 1.42 bits per heavy atom. The Morgan fingerprint density at radius 2 is 2.16 bits per heavy atom. The van der Waals surface area contributed by atoms with Crippen LogP contribution in [0.1, 0.15) is 56.6 Å². The third kappa shape index (κ3) is 2.97. The highest BCUT2D eigenvalue weighted by molar-refractivity contribution is 5.92. The first-order valence-corrected chi connectivity index (χ1v) is 7.12. The molecule has 5 nitrogen and oxygen atoms in total. The lowest BCUT2D eigenvalue weighted by Crippen LogP contribution is -2.51. The molecule has 1 amide bonds. The third-order valence-corrected chi connectivity index (χ3v) is 3.77. The van der Waals surface area contributed by atoms with Crippen LogP contribution in [0.15, 0.2) is 12.3 Å². The highest BCUT2D eigenvalue weighted by atomic mass is 16.2. The van der Waals surface area contributed by atoms with Crippen molar-refractivity contribution >= 4 is 5.91 Å². The number of aromatic nitrogens is 2. The van der Waals surface area contributed by atoms with E-state index in [1.165, 1.54) is 0 Å². The molecule has 19 heavy (non-hydrogen) atoms. The van der Waals surface area contributed by atoms with E-state index in [-0.39, 0.29) is 24.0 Å². The molecule has 2 atom stereocenters. The fourth-order valence-electron chi connectivity index (χ4n) is 2.64. The summed E-state index contributed by atoms with van der Waals surface area (Å²) in [6.45, 7) is 6.86. The van der Waals surface area contributed by atoms with Crippen molar-refractivity contribution in [1.82, 2.24) is 14.7 Å². The molecule has 0 unspecified atom stereocenters. The quantitative estimate of drug-likeness (QED) is 0.905. The number of rotatable bonds is 3. The average molecular weight is 264 g/mol. The fourth-order valence-corrected chi connectivity index (χ4v) is 2.64. The molecule has 0 saturated carbocycles. The van der Waals surface area contributed by atoms with E-state index in [4.69, 9.17) is 5.73 Å². The lowest BCUT2D eigenvalue weighted by atomic mass is 9.96. The molecule has 0 radical (unpaired) electrons. The molecule has 1 aliphatic heterocycles. The summed E-state index contributed by atoms with van der Waals surface area (Å²) >= 11 is 0. The molecule has 5 heteroatoms. The SMILES string of the molecule is CC(C)n1ccc(C(=O)N2CCCC[C@@H]2[C@H](C)N)n1. The number of carbonyl (C=O) groups excluding carboxylic acids is 1. The minimum absolute atomic E-state index is 0.0106. The summed E-state index contributed by atoms with van der Waals surface area (Å²) in [5, 5.41) is 4.36. The molecule has 1 aliphatic rings. The van der Waals surface area contributed by atoms with Gasteiger partial charge in [0.2, 0.25) is 0 Å². The van der Waals surface area contributed by atoms with Crippen molar-refractivity contribution in [3.63, 3.8) is 0 Å².